The molecule has 170 valence electrons. The van der Waals surface area contributed by atoms with Crippen LogP contribution >= 0.6 is 23.1 Å². The minimum Gasteiger partial charge on any atom is -0.339 e. The van der Waals surface area contributed by atoms with Crippen molar-refractivity contribution in [1.29, 1.82) is 0 Å². The van der Waals surface area contributed by atoms with Gasteiger partial charge in [0.25, 0.3) is 0 Å². The quantitative estimate of drug-likeness (QED) is 0.413. The average Bonchev–Trinajstić information content (AvgIpc) is 3.43. The predicted molar refractivity (Wildman–Crippen MR) is 125 cm³/mol. The van der Waals surface area contributed by atoms with Crippen molar-refractivity contribution >= 4 is 39.0 Å². The van der Waals surface area contributed by atoms with Crippen molar-refractivity contribution < 1.29 is 13.2 Å². The van der Waals surface area contributed by atoms with Gasteiger partial charge in [0.1, 0.15) is 0 Å². The largest absolute Gasteiger partial charge is 0.339 e. The number of nitrogens with two attached hydrogens (primary N) is 1. The van der Waals surface area contributed by atoms with E-state index < -0.39 is 10.0 Å². The molecule has 4 rings (SSSR count). The third-order valence-electron chi connectivity index (χ3n) is 5.44. The molecule has 32 heavy (non-hydrogen) atoms. The van der Waals surface area contributed by atoms with Crippen LogP contribution in [-0.2, 0) is 14.8 Å². The SMILES string of the molecule is Cc1ccc(S(=O)(=O)N2CCN(C(=O)CSc3nnc(-c4cccs4)n3N)CC2)cc1C. The van der Waals surface area contributed by atoms with Gasteiger partial charge in [0.15, 0.2) is 5.82 Å². The molecule has 1 saturated heterocycles. The Morgan fingerprint density at radius 3 is 2.53 bits per heavy atom. The van der Waals surface area contributed by atoms with Gasteiger partial charge in [-0.1, -0.05) is 23.9 Å². The summed E-state index contributed by atoms with van der Waals surface area (Å²) >= 11 is 2.73. The Morgan fingerprint density at radius 1 is 1.12 bits per heavy atom. The Bertz CT molecular complexity index is 1220. The van der Waals surface area contributed by atoms with Crippen LogP contribution in [0, 0.1) is 13.8 Å². The molecule has 1 fully saturated rings. The van der Waals surface area contributed by atoms with Crippen LogP contribution in [0.25, 0.3) is 10.7 Å². The third-order valence-corrected chi connectivity index (χ3v) is 9.13. The summed E-state index contributed by atoms with van der Waals surface area (Å²) < 4.78 is 28.8. The van der Waals surface area contributed by atoms with Crippen molar-refractivity contribution in [2.45, 2.75) is 23.9 Å². The van der Waals surface area contributed by atoms with Crippen LogP contribution in [0.5, 0.6) is 0 Å². The molecule has 1 aliphatic rings. The van der Waals surface area contributed by atoms with E-state index in [1.54, 1.807) is 17.0 Å². The van der Waals surface area contributed by atoms with E-state index in [2.05, 4.69) is 10.2 Å². The number of thiophene rings is 1. The molecule has 2 aromatic heterocycles. The highest BCUT2D eigenvalue weighted by atomic mass is 32.2. The molecule has 9 nitrogen and oxygen atoms in total. The normalized spacial score (nSPS) is 15.2. The summed E-state index contributed by atoms with van der Waals surface area (Å²) in [6, 6.07) is 8.97. The highest BCUT2D eigenvalue weighted by molar-refractivity contribution is 7.99. The molecule has 0 bridgehead atoms. The Labute approximate surface area is 195 Å². The lowest BCUT2D eigenvalue weighted by Gasteiger charge is -2.34. The van der Waals surface area contributed by atoms with Crippen LogP contribution in [0.1, 0.15) is 11.1 Å². The number of hydrogen-bond donors (Lipinski definition) is 1. The van der Waals surface area contributed by atoms with Crippen LogP contribution in [0.4, 0.5) is 0 Å². The third kappa shape index (κ3) is 4.53. The number of aromatic nitrogens is 3. The van der Waals surface area contributed by atoms with Gasteiger partial charge in [0.05, 0.1) is 15.5 Å². The van der Waals surface area contributed by atoms with E-state index in [1.165, 1.54) is 32.1 Å². The number of hydrogen-bond acceptors (Lipinski definition) is 8. The molecule has 0 unspecified atom stereocenters. The molecular weight excluding hydrogens is 468 g/mol. The first-order chi connectivity index (χ1) is 15.3. The number of nitrogens with zero attached hydrogens (tertiary/aromatic N) is 5. The molecule has 1 amide bonds. The number of carbonyl (C=O) groups is 1. The smallest absolute Gasteiger partial charge is 0.243 e. The number of sulfonamides is 1. The second kappa shape index (κ2) is 9.22. The molecule has 0 spiro atoms. The summed E-state index contributed by atoms with van der Waals surface area (Å²) in [4.78, 5) is 15.5. The number of carbonyl (C=O) groups excluding carboxylic acids is 1. The first kappa shape index (κ1) is 22.8. The molecule has 0 aliphatic carbocycles. The van der Waals surface area contributed by atoms with Crippen LogP contribution in [0.15, 0.2) is 45.8 Å². The summed E-state index contributed by atoms with van der Waals surface area (Å²) in [5.41, 5.74) is 1.99. The van der Waals surface area contributed by atoms with Crippen LogP contribution < -0.4 is 5.84 Å². The maximum absolute atomic E-state index is 13.0. The van der Waals surface area contributed by atoms with Gasteiger partial charge in [-0.25, -0.2) is 13.1 Å². The fourth-order valence-electron chi connectivity index (χ4n) is 3.37. The average molecular weight is 493 g/mol. The van der Waals surface area contributed by atoms with Gasteiger partial charge < -0.3 is 10.7 Å². The van der Waals surface area contributed by atoms with E-state index in [0.717, 1.165) is 16.0 Å². The van der Waals surface area contributed by atoms with Crippen molar-refractivity contribution in [3.63, 3.8) is 0 Å². The maximum Gasteiger partial charge on any atom is 0.243 e. The zero-order valence-corrected chi connectivity index (χ0v) is 20.2. The van der Waals surface area contributed by atoms with E-state index in [-0.39, 0.29) is 24.7 Å². The van der Waals surface area contributed by atoms with Crippen LogP contribution in [0.3, 0.4) is 0 Å². The van der Waals surface area contributed by atoms with Crippen LogP contribution in [0.2, 0.25) is 0 Å². The molecule has 12 heteroatoms. The molecule has 0 saturated carbocycles. The second-order valence-electron chi connectivity index (χ2n) is 7.47. The Morgan fingerprint density at radius 2 is 1.88 bits per heavy atom. The number of benzene rings is 1. The van der Waals surface area contributed by atoms with Crippen molar-refractivity contribution in [1.82, 2.24) is 24.1 Å². The molecule has 0 atom stereocenters. The Kier molecular flexibility index (Phi) is 6.56. The molecule has 0 radical (unpaired) electrons. The monoisotopic (exact) mass is 492 g/mol. The standard InChI is InChI=1S/C20H24N6O3S3/c1-14-5-6-16(12-15(14)2)32(28,29)25-9-7-24(8-10-25)18(27)13-31-20-23-22-19(26(20)21)17-4-3-11-30-17/h3-6,11-12H,7-10,13,21H2,1-2H3. The molecular formula is C20H24N6O3S3. The number of thioether (sulfide) groups is 1. The minimum absolute atomic E-state index is 0.0844. The van der Waals surface area contributed by atoms with Gasteiger partial charge in [-0.3, -0.25) is 4.79 Å². The Hall–Kier alpha value is -2.41. The van der Waals surface area contributed by atoms with E-state index in [9.17, 15) is 13.2 Å². The highest BCUT2D eigenvalue weighted by Crippen LogP contribution is 2.25. The number of piperazine rings is 1. The summed E-state index contributed by atoms with van der Waals surface area (Å²) in [5, 5.41) is 10.6. The molecule has 1 aliphatic heterocycles. The lowest BCUT2D eigenvalue weighted by atomic mass is 10.1. The highest BCUT2D eigenvalue weighted by Gasteiger charge is 2.30. The number of nitrogen functional groups attached to an aromatic ring is 1. The lowest BCUT2D eigenvalue weighted by molar-refractivity contribution is -0.129. The maximum atomic E-state index is 13.0. The fourth-order valence-corrected chi connectivity index (χ4v) is 6.34. The zero-order chi connectivity index (χ0) is 22.9. The van der Waals surface area contributed by atoms with Crippen molar-refractivity contribution in [3.05, 3.63) is 46.8 Å². The summed E-state index contributed by atoms with van der Waals surface area (Å²) in [5.74, 6) is 6.71. The van der Waals surface area contributed by atoms with Gasteiger partial charge in [-0.2, -0.15) is 4.31 Å². The van der Waals surface area contributed by atoms with E-state index in [4.69, 9.17) is 5.84 Å². The number of amides is 1. The topological polar surface area (TPSA) is 114 Å². The molecule has 1 aromatic carbocycles. The Balaban J connectivity index is 1.33. The zero-order valence-electron chi connectivity index (χ0n) is 17.8. The first-order valence-electron chi connectivity index (χ1n) is 9.99. The predicted octanol–water partition coefficient (Wildman–Crippen LogP) is 1.96. The summed E-state index contributed by atoms with van der Waals surface area (Å²) in [6.07, 6.45) is 0. The van der Waals surface area contributed by atoms with Gasteiger partial charge in [-0.05, 0) is 48.6 Å². The van der Waals surface area contributed by atoms with Crippen molar-refractivity contribution in [3.8, 4) is 10.7 Å². The molecule has 3 heterocycles. The second-order valence-corrected chi connectivity index (χ2v) is 11.3. The number of aryl methyl sites for hydroxylation is 2. The molecule has 2 N–H and O–H groups in total. The summed E-state index contributed by atoms with van der Waals surface area (Å²) in [7, 11) is -3.58. The fraction of sp³-hybridized carbons (Fsp3) is 0.350. The van der Waals surface area contributed by atoms with Crippen molar-refractivity contribution in [2.24, 2.45) is 0 Å². The number of rotatable bonds is 6. The van der Waals surface area contributed by atoms with Crippen molar-refractivity contribution in [2.75, 3.05) is 37.8 Å². The van der Waals surface area contributed by atoms with E-state index >= 15 is 0 Å². The van der Waals surface area contributed by atoms with Gasteiger partial charge in [0.2, 0.25) is 21.1 Å². The lowest BCUT2D eigenvalue weighted by Crippen LogP contribution is -2.51. The van der Waals surface area contributed by atoms with E-state index in [1.807, 2.05) is 37.4 Å². The summed E-state index contributed by atoms with van der Waals surface area (Å²) in [6.45, 7) is 5.07. The van der Waals surface area contributed by atoms with Crippen LogP contribution in [-0.4, -0.2) is 70.3 Å². The molecule has 3 aromatic rings. The van der Waals surface area contributed by atoms with Gasteiger partial charge in [0, 0.05) is 26.2 Å². The van der Waals surface area contributed by atoms with E-state index in [0.29, 0.717) is 29.0 Å². The minimum atomic E-state index is -3.58. The van der Waals surface area contributed by atoms with Gasteiger partial charge >= 0.3 is 0 Å². The first-order valence-corrected chi connectivity index (χ1v) is 13.3. The van der Waals surface area contributed by atoms with Gasteiger partial charge in [-0.15, -0.1) is 21.5 Å².